The van der Waals surface area contributed by atoms with Crippen molar-refractivity contribution in [2.24, 2.45) is 5.73 Å². The first-order valence-electron chi connectivity index (χ1n) is 4.72. The molecule has 3 heteroatoms. The number of likely N-dealkylation sites (N-methyl/N-ethyl adjacent to an activating group) is 1. The van der Waals surface area contributed by atoms with Crippen molar-refractivity contribution in [3.05, 3.63) is 21.9 Å². The van der Waals surface area contributed by atoms with E-state index in [1.165, 1.54) is 9.75 Å². The van der Waals surface area contributed by atoms with Gasteiger partial charge in [-0.15, -0.1) is 11.3 Å². The van der Waals surface area contributed by atoms with Crippen molar-refractivity contribution < 1.29 is 0 Å². The van der Waals surface area contributed by atoms with Gasteiger partial charge >= 0.3 is 0 Å². The van der Waals surface area contributed by atoms with Crippen LogP contribution in [0.3, 0.4) is 0 Å². The maximum absolute atomic E-state index is 5.48. The van der Waals surface area contributed by atoms with Crippen LogP contribution in [0.15, 0.2) is 12.1 Å². The number of aryl methyl sites for hydroxylation is 1. The van der Waals surface area contributed by atoms with Gasteiger partial charge in [0.2, 0.25) is 0 Å². The second-order valence-corrected chi connectivity index (χ2v) is 4.50. The fourth-order valence-electron chi connectivity index (χ4n) is 1.26. The molecular weight excluding hydrogens is 180 g/mol. The molecule has 1 aromatic rings. The van der Waals surface area contributed by atoms with Gasteiger partial charge in [0.1, 0.15) is 0 Å². The first kappa shape index (κ1) is 10.7. The van der Waals surface area contributed by atoms with Crippen LogP contribution in [0.25, 0.3) is 0 Å². The lowest BCUT2D eigenvalue weighted by molar-refractivity contribution is 0.339. The van der Waals surface area contributed by atoms with Crippen LogP contribution in [0.1, 0.15) is 16.7 Å². The Labute approximate surface area is 84.4 Å². The predicted molar refractivity (Wildman–Crippen MR) is 59.1 cm³/mol. The van der Waals surface area contributed by atoms with Crippen LogP contribution < -0.4 is 5.73 Å². The molecule has 1 aromatic heterocycles. The number of rotatable bonds is 5. The third-order valence-corrected chi connectivity index (χ3v) is 3.22. The Kier molecular flexibility index (Phi) is 4.42. The highest BCUT2D eigenvalue weighted by Gasteiger charge is 2.01. The lowest BCUT2D eigenvalue weighted by Gasteiger charge is -2.13. The quantitative estimate of drug-likeness (QED) is 0.780. The second-order valence-electron chi connectivity index (χ2n) is 3.25. The number of hydrogen-bond donors (Lipinski definition) is 1. The van der Waals surface area contributed by atoms with Gasteiger partial charge < -0.3 is 10.6 Å². The van der Waals surface area contributed by atoms with Crippen LogP contribution in [0.2, 0.25) is 0 Å². The minimum Gasteiger partial charge on any atom is -0.329 e. The molecule has 0 saturated heterocycles. The maximum Gasteiger partial charge on any atom is 0.0325 e. The van der Waals surface area contributed by atoms with Crippen LogP contribution in [-0.4, -0.2) is 25.0 Å². The van der Waals surface area contributed by atoms with E-state index >= 15 is 0 Å². The number of hydrogen-bond acceptors (Lipinski definition) is 3. The summed E-state index contributed by atoms with van der Waals surface area (Å²) in [6.07, 6.45) is 1.14. The maximum atomic E-state index is 5.48. The van der Waals surface area contributed by atoms with E-state index in [1.807, 2.05) is 11.3 Å². The van der Waals surface area contributed by atoms with Crippen molar-refractivity contribution in [1.82, 2.24) is 4.90 Å². The molecule has 0 amide bonds. The van der Waals surface area contributed by atoms with E-state index in [0.717, 1.165) is 26.1 Å². The molecule has 2 N–H and O–H groups in total. The molecule has 0 unspecified atom stereocenters. The average Bonchev–Trinajstić information content (AvgIpc) is 2.52. The molecule has 1 heterocycles. The average molecular weight is 198 g/mol. The van der Waals surface area contributed by atoms with E-state index < -0.39 is 0 Å². The smallest absolute Gasteiger partial charge is 0.0325 e. The van der Waals surface area contributed by atoms with Gasteiger partial charge in [-0.1, -0.05) is 6.92 Å². The summed E-state index contributed by atoms with van der Waals surface area (Å²) in [6, 6.07) is 4.44. The molecule has 0 saturated carbocycles. The molecule has 0 aliphatic rings. The van der Waals surface area contributed by atoms with E-state index in [1.54, 1.807) is 0 Å². The molecule has 0 aliphatic carbocycles. The molecular formula is C10H18N2S. The minimum absolute atomic E-state index is 0.739. The van der Waals surface area contributed by atoms with E-state index in [2.05, 4.69) is 31.0 Å². The fourth-order valence-corrected chi connectivity index (χ4v) is 2.30. The summed E-state index contributed by atoms with van der Waals surface area (Å²) in [5, 5.41) is 0. The molecule has 1 rings (SSSR count). The van der Waals surface area contributed by atoms with Crippen LogP contribution in [0.5, 0.6) is 0 Å². The highest BCUT2D eigenvalue weighted by molar-refractivity contribution is 7.11. The molecule has 2 nitrogen and oxygen atoms in total. The van der Waals surface area contributed by atoms with Crippen molar-refractivity contribution in [3.8, 4) is 0 Å². The number of nitrogens with two attached hydrogens (primary N) is 1. The summed E-state index contributed by atoms with van der Waals surface area (Å²) < 4.78 is 0. The normalized spacial score (nSPS) is 11.1. The molecule has 13 heavy (non-hydrogen) atoms. The van der Waals surface area contributed by atoms with Gasteiger partial charge in [-0.05, 0) is 25.6 Å². The van der Waals surface area contributed by atoms with Crippen molar-refractivity contribution in [3.63, 3.8) is 0 Å². The summed E-state index contributed by atoms with van der Waals surface area (Å²) in [4.78, 5) is 5.16. The Hall–Kier alpha value is -0.380. The monoisotopic (exact) mass is 198 g/mol. The zero-order chi connectivity index (χ0) is 9.68. The van der Waals surface area contributed by atoms with Crippen LogP contribution in [0, 0.1) is 0 Å². The highest BCUT2D eigenvalue weighted by Crippen LogP contribution is 2.17. The van der Waals surface area contributed by atoms with E-state index in [0.29, 0.717) is 0 Å². The number of nitrogens with zero attached hydrogens (tertiary/aromatic N) is 1. The van der Waals surface area contributed by atoms with Crippen molar-refractivity contribution in [2.75, 3.05) is 20.1 Å². The Morgan fingerprint density at radius 3 is 2.62 bits per heavy atom. The van der Waals surface area contributed by atoms with Crippen LogP contribution >= 0.6 is 11.3 Å². The van der Waals surface area contributed by atoms with Crippen molar-refractivity contribution >= 4 is 11.3 Å². The molecule has 0 aliphatic heterocycles. The van der Waals surface area contributed by atoms with Crippen molar-refractivity contribution in [1.29, 1.82) is 0 Å². The summed E-state index contributed by atoms with van der Waals surface area (Å²) in [5.74, 6) is 0. The third-order valence-electron chi connectivity index (χ3n) is 2.00. The molecule has 74 valence electrons. The molecule has 0 bridgehead atoms. The first-order chi connectivity index (χ1) is 6.26. The molecule has 0 spiro atoms. The standard InChI is InChI=1S/C10H18N2S/c1-3-9-4-5-10(13-9)8-12(2)7-6-11/h4-5H,3,6-8,11H2,1-2H3. The zero-order valence-electron chi connectivity index (χ0n) is 8.42. The van der Waals surface area contributed by atoms with Gasteiger partial charge in [-0.25, -0.2) is 0 Å². The van der Waals surface area contributed by atoms with E-state index in [4.69, 9.17) is 5.73 Å². The van der Waals surface area contributed by atoms with Gasteiger partial charge in [-0.3, -0.25) is 0 Å². The molecule has 0 aromatic carbocycles. The Morgan fingerprint density at radius 1 is 1.38 bits per heavy atom. The lowest BCUT2D eigenvalue weighted by Crippen LogP contribution is -2.24. The molecule has 0 fully saturated rings. The van der Waals surface area contributed by atoms with Crippen LogP contribution in [0.4, 0.5) is 0 Å². The SMILES string of the molecule is CCc1ccc(CN(C)CCN)s1. The highest BCUT2D eigenvalue weighted by atomic mass is 32.1. The summed E-state index contributed by atoms with van der Waals surface area (Å²) >= 11 is 1.90. The van der Waals surface area contributed by atoms with Gasteiger partial charge in [-0.2, -0.15) is 0 Å². The molecule has 0 radical (unpaired) electrons. The minimum atomic E-state index is 0.739. The second kappa shape index (κ2) is 5.37. The largest absolute Gasteiger partial charge is 0.329 e. The van der Waals surface area contributed by atoms with E-state index in [9.17, 15) is 0 Å². The number of thiophene rings is 1. The predicted octanol–water partition coefficient (Wildman–Crippen LogP) is 1.70. The Balaban J connectivity index is 2.44. The van der Waals surface area contributed by atoms with Crippen molar-refractivity contribution in [2.45, 2.75) is 19.9 Å². The third kappa shape index (κ3) is 3.46. The first-order valence-corrected chi connectivity index (χ1v) is 5.54. The topological polar surface area (TPSA) is 29.3 Å². The van der Waals surface area contributed by atoms with Gasteiger partial charge in [0, 0.05) is 29.4 Å². The zero-order valence-corrected chi connectivity index (χ0v) is 9.23. The summed E-state index contributed by atoms with van der Waals surface area (Å²) in [5.41, 5.74) is 5.48. The molecule has 0 atom stereocenters. The van der Waals surface area contributed by atoms with Gasteiger partial charge in [0.25, 0.3) is 0 Å². The Bertz CT molecular complexity index is 245. The van der Waals surface area contributed by atoms with Gasteiger partial charge in [0.15, 0.2) is 0 Å². The fraction of sp³-hybridized carbons (Fsp3) is 0.600. The summed E-state index contributed by atoms with van der Waals surface area (Å²) in [7, 11) is 2.11. The lowest BCUT2D eigenvalue weighted by atomic mass is 10.3. The van der Waals surface area contributed by atoms with Gasteiger partial charge in [0.05, 0.1) is 0 Å². The van der Waals surface area contributed by atoms with E-state index in [-0.39, 0.29) is 0 Å². The van der Waals surface area contributed by atoms with Crippen LogP contribution in [-0.2, 0) is 13.0 Å². The Morgan fingerprint density at radius 2 is 2.08 bits per heavy atom. The summed E-state index contributed by atoms with van der Waals surface area (Å²) in [6.45, 7) is 4.93.